The quantitative estimate of drug-likeness (QED) is 0.0599. The molecule has 8 heterocycles. The number of piperidine rings is 1. The largest absolute Gasteiger partial charge is 0.507 e. The molecule has 4 aromatic heterocycles. The molecule has 20 heteroatoms. The Labute approximate surface area is 467 Å². The molecule has 5 fully saturated rings. The number of aromatic hydroxyl groups is 1. The number of anilines is 3. The lowest BCUT2D eigenvalue weighted by atomic mass is 9.58. The minimum Gasteiger partial charge on any atom is -0.507 e. The van der Waals surface area contributed by atoms with Gasteiger partial charge in [0.2, 0.25) is 17.7 Å². The number of fused-ring (bicyclic) bond motifs is 2. The number of aryl methyl sites for hydroxylation is 1. The summed E-state index contributed by atoms with van der Waals surface area (Å²) in [7, 11) is 7.05. The van der Waals surface area contributed by atoms with E-state index in [1.165, 1.54) is 4.90 Å². The van der Waals surface area contributed by atoms with Gasteiger partial charge in [0, 0.05) is 74.3 Å². The van der Waals surface area contributed by atoms with Gasteiger partial charge in [-0.25, -0.2) is 9.97 Å². The van der Waals surface area contributed by atoms with Crippen LogP contribution in [0.3, 0.4) is 0 Å². The normalized spacial score (nSPS) is 25.8. The van der Waals surface area contributed by atoms with Gasteiger partial charge in [0.1, 0.15) is 23.8 Å². The average molecular weight is 1090 g/mol. The number of β-amino-alcohol motifs (C(OH)–C–C–N with tert-alkyl or cyclic N) is 1. The Morgan fingerprint density at radius 1 is 0.962 bits per heavy atom. The number of carbonyl (C=O) groups excluding carboxylic acids is 2. The molecule has 1 aliphatic carbocycles. The molecule has 1 saturated carbocycles. The van der Waals surface area contributed by atoms with E-state index in [0.717, 1.165) is 104 Å². The molecule has 4 aliphatic heterocycles. The first-order valence-electron chi connectivity index (χ1n) is 28.0. The predicted octanol–water partition coefficient (Wildman–Crippen LogP) is 7.98. The first-order valence-corrected chi connectivity index (χ1v) is 28.9. The fraction of sp³-hybridized carbons (Fsp3) is 0.508. The third-order valence-electron chi connectivity index (χ3n) is 17.2. The number of hydrogen-bond donors (Lipinski definition) is 4. The minimum absolute atomic E-state index is 0.0478. The van der Waals surface area contributed by atoms with Crippen molar-refractivity contribution < 1.29 is 33.8 Å². The molecule has 79 heavy (non-hydrogen) atoms. The lowest BCUT2D eigenvalue weighted by Gasteiger charge is -2.47. The predicted molar refractivity (Wildman–Crippen MR) is 304 cm³/mol. The van der Waals surface area contributed by atoms with Crippen LogP contribution in [0.4, 0.5) is 17.2 Å². The SMILES string of the molecule is [B][C@]1(C)CN(CC2CC(Oc3cc(N4C5CCC4CN(c4cc(-c6ccccc6O)nnc4N)C5)ccn3)C2)CC[C@H]1CCOc1cc([C@@H](C(=O)N2C[C@H](O)C[C@H]2C(=O)N[C@@H](C)c2ccc(-c3scnc3C)cc2)C(C)C)on1. The fourth-order valence-corrected chi connectivity index (χ4v) is 13.8. The van der Waals surface area contributed by atoms with Crippen molar-refractivity contribution in [2.75, 3.05) is 61.4 Å². The second-order valence-electron chi connectivity index (χ2n) is 23.3. The molecular formula is C59H72BN11O7S. The van der Waals surface area contributed by atoms with Crippen LogP contribution in [0.2, 0.25) is 5.31 Å². The number of aliphatic hydroxyl groups excluding tert-OH is 1. The van der Waals surface area contributed by atoms with Gasteiger partial charge in [0.25, 0.3) is 5.88 Å². The number of aromatic nitrogens is 5. The van der Waals surface area contributed by atoms with Gasteiger partial charge in [-0.05, 0) is 124 Å². The average Bonchev–Trinajstić information content (AvgIpc) is 4.24. The van der Waals surface area contributed by atoms with Crippen LogP contribution >= 0.6 is 11.3 Å². The van der Waals surface area contributed by atoms with Crippen molar-refractivity contribution in [3.05, 3.63) is 102 Å². The van der Waals surface area contributed by atoms with Gasteiger partial charge >= 0.3 is 0 Å². The topological polar surface area (TPSA) is 222 Å². The van der Waals surface area contributed by atoms with Gasteiger partial charge in [-0.3, -0.25) is 9.59 Å². The third kappa shape index (κ3) is 11.6. The van der Waals surface area contributed by atoms with Crippen LogP contribution in [0.1, 0.15) is 102 Å². The highest BCUT2D eigenvalue weighted by molar-refractivity contribution is 7.13. The third-order valence-corrected chi connectivity index (χ3v) is 18.2. The first kappa shape index (κ1) is 54.2. The highest BCUT2D eigenvalue weighted by Gasteiger charge is 2.45. The summed E-state index contributed by atoms with van der Waals surface area (Å²) in [6.07, 6.45) is 7.06. The van der Waals surface area contributed by atoms with E-state index in [9.17, 15) is 19.8 Å². The van der Waals surface area contributed by atoms with Crippen LogP contribution in [0, 0.1) is 24.7 Å². The minimum atomic E-state index is -0.837. The van der Waals surface area contributed by atoms with Crippen molar-refractivity contribution in [1.29, 1.82) is 0 Å². The maximum Gasteiger partial charge on any atom is 0.254 e. The van der Waals surface area contributed by atoms with Gasteiger partial charge in [0.05, 0.1) is 54.1 Å². The highest BCUT2D eigenvalue weighted by atomic mass is 32.1. The Morgan fingerprint density at radius 3 is 2.46 bits per heavy atom. The summed E-state index contributed by atoms with van der Waals surface area (Å²) in [4.78, 5) is 47.0. The van der Waals surface area contributed by atoms with E-state index < -0.39 is 23.4 Å². The van der Waals surface area contributed by atoms with Crippen molar-refractivity contribution in [2.24, 2.45) is 17.8 Å². The second kappa shape index (κ2) is 22.8. The Morgan fingerprint density at radius 2 is 1.73 bits per heavy atom. The van der Waals surface area contributed by atoms with Crippen molar-refractivity contribution in [1.82, 2.24) is 40.4 Å². The molecule has 8 atom stereocenters. The number of ether oxygens (including phenoxy) is 2. The molecule has 18 nitrogen and oxygen atoms in total. The lowest BCUT2D eigenvalue weighted by molar-refractivity contribution is -0.141. The van der Waals surface area contributed by atoms with Crippen LogP contribution in [0.5, 0.6) is 17.5 Å². The van der Waals surface area contributed by atoms with Gasteiger partial charge in [-0.15, -0.1) is 21.5 Å². The Bertz CT molecular complexity index is 3100. The van der Waals surface area contributed by atoms with Crippen molar-refractivity contribution >= 4 is 48.2 Å². The van der Waals surface area contributed by atoms with Crippen molar-refractivity contribution in [3.63, 3.8) is 0 Å². The number of hydrogen-bond acceptors (Lipinski definition) is 17. The molecule has 2 bridgehead atoms. The zero-order valence-electron chi connectivity index (χ0n) is 45.8. The summed E-state index contributed by atoms with van der Waals surface area (Å²) in [5.41, 5.74) is 14.4. The van der Waals surface area contributed by atoms with Crippen LogP contribution in [0.15, 0.2) is 89.0 Å². The van der Waals surface area contributed by atoms with Gasteiger partial charge < -0.3 is 54.9 Å². The second-order valence-corrected chi connectivity index (χ2v) is 24.2. The number of rotatable bonds is 18. The molecule has 414 valence electrons. The Kier molecular flexibility index (Phi) is 15.6. The molecule has 2 unspecified atom stereocenters. The molecule has 11 rings (SSSR count). The zero-order valence-corrected chi connectivity index (χ0v) is 46.6. The Balaban J connectivity index is 0.620. The number of pyridine rings is 1. The summed E-state index contributed by atoms with van der Waals surface area (Å²) in [6.45, 7) is 14.7. The van der Waals surface area contributed by atoms with Crippen LogP contribution in [-0.2, 0) is 9.59 Å². The number of nitrogens with one attached hydrogen (secondary N) is 1. The van der Waals surface area contributed by atoms with Gasteiger partial charge in [-0.2, -0.15) is 0 Å². The lowest BCUT2D eigenvalue weighted by Crippen LogP contribution is -2.54. The monoisotopic (exact) mass is 1090 g/mol. The summed E-state index contributed by atoms with van der Waals surface area (Å²) in [5, 5.41) is 36.7. The number of thiazole rings is 1. The van der Waals surface area contributed by atoms with E-state index in [-0.39, 0.29) is 66.6 Å². The number of nitrogen functional groups attached to an aromatic ring is 1. The standard InChI is InChI=1S/C59H72BN11O7S/c1-34(2)54(58(75)70-31-44(72)25-49(70)57(74)64-35(3)38-10-12-39(13-11-38)55-36(4)63-33-79-55)51-27-53(67-78-51)76-21-18-40-17-20-68(32-59(40,5)60)28-37-22-45(23-37)77-52-24-41(16-19-62-52)71-42-14-15-43(71)30-69(29-42)48-26-47(65-66-56(48)61)46-8-6-7-9-50(46)73/h6-13,16,19,24,26-27,33-35,37,40,42-45,49,54,72-73H,14-15,17-18,20-23,25,28-32H2,1-5H3,(H2,61,66)(H,64,74)/t35-,37?,40-,42?,43?,44+,45?,49-,54-,59+/m0/s1. The smallest absolute Gasteiger partial charge is 0.254 e. The molecule has 2 aromatic carbocycles. The summed E-state index contributed by atoms with van der Waals surface area (Å²) in [5.74, 6) is 1.09. The molecule has 2 amide bonds. The summed E-state index contributed by atoms with van der Waals surface area (Å²) in [6, 6.07) is 22.4. The number of aliphatic hydroxyl groups is 1. The molecule has 5 N–H and O–H groups in total. The number of phenolic OH excluding ortho intramolecular Hbond substituents is 1. The summed E-state index contributed by atoms with van der Waals surface area (Å²) >= 11 is 1.59. The van der Waals surface area contributed by atoms with Crippen LogP contribution in [0.25, 0.3) is 21.7 Å². The number of carbonyl (C=O) groups is 2. The fourth-order valence-electron chi connectivity index (χ4n) is 13.0. The zero-order chi connectivity index (χ0) is 55.1. The first-order chi connectivity index (χ1) is 38.0. The molecule has 5 aliphatic rings. The molecule has 2 radical (unpaired) electrons. The van der Waals surface area contributed by atoms with E-state index >= 15 is 0 Å². The van der Waals surface area contributed by atoms with E-state index in [2.05, 4.69) is 64.4 Å². The van der Waals surface area contributed by atoms with E-state index in [1.54, 1.807) is 29.5 Å². The van der Waals surface area contributed by atoms with E-state index in [0.29, 0.717) is 47.1 Å². The summed E-state index contributed by atoms with van der Waals surface area (Å²) < 4.78 is 18.4. The van der Waals surface area contributed by atoms with Crippen LogP contribution < -0.4 is 30.3 Å². The Hall–Kier alpha value is -6.77. The van der Waals surface area contributed by atoms with E-state index in [4.69, 9.17) is 27.6 Å². The molecular weight excluding hydrogens is 1020 g/mol. The number of amides is 2. The number of nitrogens with zero attached hydrogens (tertiary/aromatic N) is 9. The molecule has 6 aromatic rings. The van der Waals surface area contributed by atoms with Gasteiger partial charge in [0.15, 0.2) is 11.6 Å². The number of nitrogens with two attached hydrogens (primary N) is 1. The molecule has 4 saturated heterocycles. The van der Waals surface area contributed by atoms with Gasteiger partial charge in [-0.1, -0.05) is 62.5 Å². The van der Waals surface area contributed by atoms with Crippen LogP contribution in [-0.4, -0.2) is 141 Å². The number of para-hydroxylation sites is 1. The highest BCUT2D eigenvalue weighted by Crippen LogP contribution is 2.44. The van der Waals surface area contributed by atoms with E-state index in [1.807, 2.05) is 81.9 Å². The van der Waals surface area contributed by atoms with Crippen molar-refractivity contribution in [2.45, 2.75) is 127 Å². The number of benzene rings is 2. The molecule has 0 spiro atoms. The number of likely N-dealkylation sites (tertiary alicyclic amines) is 2. The maximum atomic E-state index is 14.3. The maximum absolute atomic E-state index is 14.3. The van der Waals surface area contributed by atoms with Crippen molar-refractivity contribution in [3.8, 4) is 39.2 Å². The number of piperazine rings is 1. The number of phenols is 1.